The predicted octanol–water partition coefficient (Wildman–Crippen LogP) is 13.5. The first-order valence-corrected chi connectivity index (χ1v) is 27.8. The van der Waals surface area contributed by atoms with E-state index in [0.717, 1.165) is 35.5 Å². The third-order valence-corrected chi connectivity index (χ3v) is 18.5. The third-order valence-electron chi connectivity index (χ3n) is 18.5. The Morgan fingerprint density at radius 1 is 0.580 bits per heavy atom. The molecule has 6 aliphatic rings. The summed E-state index contributed by atoms with van der Waals surface area (Å²) in [7, 11) is 0. The Kier molecular flexibility index (Phi) is 28.2. The zero-order valence-electron chi connectivity index (χ0n) is 50.1. The molecule has 390 valence electrons. The predicted molar refractivity (Wildman–Crippen MR) is 291 cm³/mol. The first kappa shape index (κ1) is 68.7. The summed E-state index contributed by atoms with van der Waals surface area (Å²) in [6.07, 6.45) is 40.9. The average Bonchev–Trinajstić information content (AvgIpc) is 3.70. The zero-order chi connectivity index (χ0) is 49.6. The van der Waals surface area contributed by atoms with E-state index in [0.29, 0.717) is 43.3 Å². The zero-order valence-corrected chi connectivity index (χ0v) is 55.4. The van der Waals surface area contributed by atoms with Crippen molar-refractivity contribution in [2.75, 3.05) is 0 Å². The number of carbonyl (C=O) groups is 1. The maximum Gasteiger partial charge on any atom is 1.00 e. The van der Waals surface area contributed by atoms with Crippen LogP contribution in [0, 0.1) is 78.8 Å². The fourth-order valence-corrected chi connectivity index (χ4v) is 16.8. The Morgan fingerprint density at radius 3 is 1.16 bits per heavy atom. The van der Waals surface area contributed by atoms with Gasteiger partial charge in [-0.3, -0.25) is 4.79 Å². The fourth-order valence-electron chi connectivity index (χ4n) is 16.8. The Balaban J connectivity index is 0.00000120. The second-order valence-electron chi connectivity index (χ2n) is 30.1. The number of hydrogen-bond acceptors (Lipinski definition) is 3. The summed E-state index contributed by atoms with van der Waals surface area (Å²) in [5.74, 6) is 5.32. The molecule has 0 aliphatic heterocycles. The van der Waals surface area contributed by atoms with Gasteiger partial charge in [-0.25, -0.2) is 0 Å². The number of fused-ring (bicyclic) bond motifs is 2. The van der Waals surface area contributed by atoms with E-state index in [-0.39, 0.29) is 118 Å². The van der Waals surface area contributed by atoms with Crippen molar-refractivity contribution in [1.82, 2.24) is 0 Å². The summed E-state index contributed by atoms with van der Waals surface area (Å²) in [4.78, 5) is 11.2. The topological polar surface area (TPSA) is 49.4 Å². The molecule has 0 bridgehead atoms. The van der Waals surface area contributed by atoms with Gasteiger partial charge in [0.15, 0.2) is 0 Å². The minimum Gasteiger partial charge on any atom is -1.00 e. The van der Waals surface area contributed by atoms with Crippen molar-refractivity contribution < 1.29 is 119 Å². The van der Waals surface area contributed by atoms with Crippen molar-refractivity contribution in [2.45, 2.75) is 273 Å². The molecule has 8 atom stereocenters. The Bertz CT molecular complexity index is 1550. The number of allylic oxidation sites excluding steroid dienone is 8. The minimum atomic E-state index is -0.181. The van der Waals surface area contributed by atoms with E-state index < -0.39 is 0 Å². The number of hydrogen-bond donors (Lipinski definition) is 0. The minimum absolute atomic E-state index is 0. The summed E-state index contributed by atoms with van der Waals surface area (Å²) in [6.45, 7) is 44.4. The van der Waals surface area contributed by atoms with E-state index >= 15 is 0 Å². The molecule has 6 saturated carbocycles. The van der Waals surface area contributed by atoms with E-state index in [1.807, 2.05) is 0 Å². The summed E-state index contributed by atoms with van der Waals surface area (Å²) in [5.41, 5.74) is 10.9. The van der Waals surface area contributed by atoms with Crippen LogP contribution >= 0.6 is 0 Å². The van der Waals surface area contributed by atoms with E-state index in [1.54, 1.807) is 22.3 Å². The van der Waals surface area contributed by atoms with Gasteiger partial charge in [0.25, 0.3) is 6.47 Å². The Hall–Kier alpha value is 1.66. The molecule has 0 amide bonds. The molecule has 6 rings (SSSR count). The molecule has 0 saturated heterocycles. The van der Waals surface area contributed by atoms with Crippen LogP contribution < -0.4 is 108 Å². The molecule has 0 unspecified atom stereocenters. The summed E-state index contributed by atoms with van der Waals surface area (Å²) >= 11 is 0. The molecule has 0 spiro atoms. The van der Waals surface area contributed by atoms with Crippen LogP contribution in [-0.2, 0) is 9.68 Å². The van der Waals surface area contributed by atoms with Gasteiger partial charge in [-0.1, -0.05) is 204 Å². The van der Waals surface area contributed by atoms with Crippen LogP contribution in [0.25, 0.3) is 0 Å². The van der Waals surface area contributed by atoms with Crippen LogP contribution in [0.5, 0.6) is 0 Å². The van der Waals surface area contributed by atoms with E-state index in [9.17, 15) is 0 Å². The second-order valence-corrected chi connectivity index (χ2v) is 30.1. The summed E-state index contributed by atoms with van der Waals surface area (Å²) in [5, 5.41) is 8.43. The number of carbonyl (C=O) groups excluding carboxylic acids is 1. The van der Waals surface area contributed by atoms with Gasteiger partial charge in [0.1, 0.15) is 0 Å². The van der Waals surface area contributed by atoms with Crippen LogP contribution in [0.2, 0.25) is 0 Å². The van der Waals surface area contributed by atoms with Gasteiger partial charge in [-0.2, -0.15) is 0 Å². The quantitative estimate of drug-likeness (QED) is 0.0897. The van der Waals surface area contributed by atoms with Crippen LogP contribution in [0.15, 0.2) is 46.6 Å². The molecule has 0 aromatic heterocycles. The Morgan fingerprint density at radius 2 is 0.884 bits per heavy atom. The molecule has 3 nitrogen and oxygen atoms in total. The molecule has 0 aromatic rings. The standard InChI is InChI=1S/2C31H54.CH2O3.CH4.2K.H/c2*1-23(12-10-18-28(2,3)4)26-16-17-27-25(13-11-19-31(26,27)9)15-14-24-20-29(5,6)22-30(7,8)21-24;2-1-4-3;;;;/h2*14-15,23,26-27H,10-13,16-22H2,1-9H3;1,3H;1H4;;;/q;;;;2*+1;-1/p-1/b2*25-15+;;;;;/t2*23-,26-,27+,31-;;;;;/m11...../s1. The normalized spacial score (nSPS) is 31.9. The molecule has 69 heavy (non-hydrogen) atoms. The molecule has 0 aromatic carbocycles. The van der Waals surface area contributed by atoms with Crippen LogP contribution in [0.3, 0.4) is 0 Å². The van der Waals surface area contributed by atoms with Crippen LogP contribution in [-0.4, -0.2) is 6.47 Å². The SMILES string of the molecule is C.C[C@H](CCCC(C)(C)C)[C@H]1CC[C@H]2/C(=C/C=C3CC(C)(C)CC(C)(C)C3)CCC[C@]12C.C[C@H](CCCC(C)(C)C)[C@H]1CC[C@H]2/C(=C/C=C3CC(C)(C)CC(C)(C)C3)CCC[C@]12C.O=CO[O-].[H-].[K+].[K+]. The molecule has 0 heterocycles. The smallest absolute Gasteiger partial charge is 1.00 e. The van der Waals surface area contributed by atoms with Gasteiger partial charge in [0.2, 0.25) is 0 Å². The van der Waals surface area contributed by atoms with E-state index in [4.69, 9.17) is 10.1 Å². The summed E-state index contributed by atoms with van der Waals surface area (Å²) in [6, 6.07) is 0. The van der Waals surface area contributed by atoms with E-state index in [2.05, 4.69) is 154 Å². The van der Waals surface area contributed by atoms with Crippen molar-refractivity contribution in [3.63, 3.8) is 0 Å². The summed E-state index contributed by atoms with van der Waals surface area (Å²) < 4.78 is 0. The van der Waals surface area contributed by atoms with Crippen molar-refractivity contribution in [2.24, 2.45) is 78.8 Å². The molecule has 6 fully saturated rings. The van der Waals surface area contributed by atoms with Gasteiger partial charge in [-0.15, -0.1) is 0 Å². The van der Waals surface area contributed by atoms with Crippen molar-refractivity contribution in [3.8, 4) is 0 Å². The molecule has 6 aliphatic carbocycles. The van der Waals surface area contributed by atoms with Crippen LogP contribution in [0.4, 0.5) is 0 Å². The van der Waals surface area contributed by atoms with Crippen LogP contribution in [0.1, 0.15) is 275 Å². The van der Waals surface area contributed by atoms with Gasteiger partial charge in [-0.05, 0) is 194 Å². The largest absolute Gasteiger partial charge is 1.00 e. The second kappa shape index (κ2) is 28.3. The fraction of sp³-hybridized carbons (Fsp3) is 0.859. The molecular weight excluding hydrogens is 895 g/mol. The van der Waals surface area contributed by atoms with Gasteiger partial charge >= 0.3 is 103 Å². The first-order chi connectivity index (χ1) is 30.3. The molecule has 0 N–H and O–H groups in total. The number of rotatable bonds is 11. The van der Waals surface area contributed by atoms with Gasteiger partial charge in [0.05, 0.1) is 0 Å². The van der Waals surface area contributed by atoms with Gasteiger partial charge in [0, 0.05) is 0 Å². The maximum atomic E-state index is 8.64. The van der Waals surface area contributed by atoms with Crippen molar-refractivity contribution >= 4 is 6.47 Å². The maximum absolute atomic E-state index is 8.64. The third kappa shape index (κ3) is 21.2. The monoisotopic (exact) mass is 1010 g/mol. The Labute approximate surface area is 517 Å². The van der Waals surface area contributed by atoms with Crippen molar-refractivity contribution in [3.05, 3.63) is 46.6 Å². The van der Waals surface area contributed by atoms with Gasteiger partial charge < -0.3 is 11.6 Å². The van der Waals surface area contributed by atoms with Crippen molar-refractivity contribution in [1.29, 1.82) is 0 Å². The first-order valence-electron chi connectivity index (χ1n) is 27.8. The average molecular weight is 1010 g/mol. The molecule has 0 radical (unpaired) electrons. The van der Waals surface area contributed by atoms with E-state index in [1.165, 1.54) is 141 Å². The molecular formula is C64H114K2O3. The molecule has 5 heteroatoms.